The first-order valence-electron chi connectivity index (χ1n) is 5.33. The molecule has 1 aromatic heterocycles. The monoisotopic (exact) mass is 262 g/mol. The second kappa shape index (κ2) is 6.02. The van der Waals surface area contributed by atoms with Gasteiger partial charge >= 0.3 is 6.09 Å². The molecule has 0 aliphatic rings. The van der Waals surface area contributed by atoms with Gasteiger partial charge in [-0.05, 0) is 17.7 Å². The van der Waals surface area contributed by atoms with Crippen molar-refractivity contribution in [3.63, 3.8) is 0 Å². The third-order valence-electron chi connectivity index (χ3n) is 2.17. The van der Waals surface area contributed by atoms with Crippen molar-refractivity contribution in [2.45, 2.75) is 6.61 Å². The fourth-order valence-corrected chi connectivity index (χ4v) is 1.43. The molecule has 0 aliphatic heterocycles. The number of hydrogen-bond acceptors (Lipinski definition) is 3. The van der Waals surface area contributed by atoms with Gasteiger partial charge in [-0.1, -0.05) is 41.9 Å². The van der Waals surface area contributed by atoms with Crippen LogP contribution >= 0.6 is 11.6 Å². The van der Waals surface area contributed by atoms with Crippen LogP contribution in [-0.4, -0.2) is 11.1 Å². The van der Waals surface area contributed by atoms with Gasteiger partial charge in [0, 0.05) is 6.20 Å². The number of halogens is 1. The number of benzene rings is 1. The number of nitrogens with one attached hydrogen (secondary N) is 1. The Balaban J connectivity index is 1.84. The van der Waals surface area contributed by atoms with Gasteiger partial charge in [0.05, 0.1) is 5.02 Å². The smallest absolute Gasteiger partial charge is 0.413 e. The average Bonchev–Trinajstić information content (AvgIpc) is 2.40. The van der Waals surface area contributed by atoms with Gasteiger partial charge in [-0.2, -0.15) is 0 Å². The van der Waals surface area contributed by atoms with E-state index in [1.807, 2.05) is 30.3 Å². The van der Waals surface area contributed by atoms with Crippen LogP contribution in [0.4, 0.5) is 10.6 Å². The van der Waals surface area contributed by atoms with Gasteiger partial charge in [0.25, 0.3) is 0 Å². The highest BCUT2D eigenvalue weighted by Gasteiger charge is 2.04. The molecule has 92 valence electrons. The van der Waals surface area contributed by atoms with E-state index in [0.29, 0.717) is 10.8 Å². The molecular weight excluding hydrogens is 252 g/mol. The average molecular weight is 263 g/mol. The maximum absolute atomic E-state index is 11.5. The van der Waals surface area contributed by atoms with E-state index in [0.717, 1.165) is 5.56 Å². The summed E-state index contributed by atoms with van der Waals surface area (Å²) in [6.07, 6.45) is 0.905. The van der Waals surface area contributed by atoms with Gasteiger partial charge in [0.15, 0.2) is 0 Å². The Hall–Kier alpha value is -2.07. The van der Waals surface area contributed by atoms with Crippen molar-refractivity contribution in [1.82, 2.24) is 4.98 Å². The van der Waals surface area contributed by atoms with E-state index in [-0.39, 0.29) is 6.61 Å². The summed E-state index contributed by atoms with van der Waals surface area (Å²) in [6, 6.07) is 12.7. The molecule has 18 heavy (non-hydrogen) atoms. The summed E-state index contributed by atoms with van der Waals surface area (Å²) >= 11 is 5.68. The number of aromatic nitrogens is 1. The van der Waals surface area contributed by atoms with Crippen molar-refractivity contribution < 1.29 is 9.53 Å². The summed E-state index contributed by atoms with van der Waals surface area (Å²) in [4.78, 5) is 15.4. The third-order valence-corrected chi connectivity index (χ3v) is 2.39. The summed E-state index contributed by atoms with van der Waals surface area (Å²) in [5.74, 6) is 0.400. The molecule has 5 heteroatoms. The number of nitrogens with zero attached hydrogens (tertiary/aromatic N) is 1. The number of hydrogen-bond donors (Lipinski definition) is 1. The van der Waals surface area contributed by atoms with Crippen LogP contribution < -0.4 is 5.32 Å². The maximum Gasteiger partial charge on any atom is 0.413 e. The predicted octanol–water partition coefficient (Wildman–Crippen LogP) is 3.48. The summed E-state index contributed by atoms with van der Waals surface area (Å²) in [6.45, 7) is 0.222. The van der Waals surface area contributed by atoms with Gasteiger partial charge in [-0.3, -0.25) is 5.32 Å². The Bertz CT molecular complexity index is 514. The van der Waals surface area contributed by atoms with Crippen molar-refractivity contribution in [2.75, 3.05) is 5.32 Å². The molecule has 4 nitrogen and oxygen atoms in total. The van der Waals surface area contributed by atoms with E-state index in [4.69, 9.17) is 16.3 Å². The number of carbonyl (C=O) groups excluding carboxylic acids is 1. The molecule has 0 fully saturated rings. The minimum Gasteiger partial charge on any atom is -0.444 e. The predicted molar refractivity (Wildman–Crippen MR) is 69.5 cm³/mol. The highest BCUT2D eigenvalue weighted by molar-refractivity contribution is 6.30. The van der Waals surface area contributed by atoms with Crippen LogP contribution in [0.5, 0.6) is 0 Å². The van der Waals surface area contributed by atoms with Crippen LogP contribution in [0.2, 0.25) is 5.02 Å². The molecule has 1 amide bonds. The second-order valence-electron chi connectivity index (χ2n) is 3.55. The van der Waals surface area contributed by atoms with Gasteiger partial charge < -0.3 is 4.74 Å². The highest BCUT2D eigenvalue weighted by atomic mass is 35.5. The van der Waals surface area contributed by atoms with Crippen molar-refractivity contribution in [1.29, 1.82) is 0 Å². The van der Waals surface area contributed by atoms with Crippen LogP contribution in [0.25, 0.3) is 0 Å². The Morgan fingerprint density at radius 3 is 2.67 bits per heavy atom. The molecule has 0 saturated heterocycles. The molecule has 0 spiro atoms. The minimum atomic E-state index is -0.548. The first-order chi connectivity index (χ1) is 8.74. The van der Waals surface area contributed by atoms with Crippen molar-refractivity contribution in [2.24, 2.45) is 0 Å². The molecule has 2 aromatic rings. The molecule has 0 aliphatic carbocycles. The standard InChI is InChI=1S/C13H11ClN2O2/c14-11-6-7-12(15-8-11)16-13(17)18-9-10-4-2-1-3-5-10/h1-8H,9H2,(H,15,16,17). The second-order valence-corrected chi connectivity index (χ2v) is 3.98. The highest BCUT2D eigenvalue weighted by Crippen LogP contribution is 2.10. The van der Waals surface area contributed by atoms with Crippen LogP contribution in [0.3, 0.4) is 0 Å². The lowest BCUT2D eigenvalue weighted by atomic mass is 10.2. The number of amides is 1. The largest absolute Gasteiger partial charge is 0.444 e. The fraction of sp³-hybridized carbons (Fsp3) is 0.0769. The topological polar surface area (TPSA) is 51.2 Å². The molecule has 0 unspecified atom stereocenters. The van der Waals surface area contributed by atoms with Crippen LogP contribution in [-0.2, 0) is 11.3 Å². The molecule has 1 aromatic carbocycles. The molecule has 0 bridgehead atoms. The third kappa shape index (κ3) is 3.75. The van der Waals surface area contributed by atoms with Crippen molar-refractivity contribution in [3.05, 3.63) is 59.2 Å². The summed E-state index contributed by atoms with van der Waals surface area (Å²) in [5, 5.41) is 3.02. The fourth-order valence-electron chi connectivity index (χ4n) is 1.31. The summed E-state index contributed by atoms with van der Waals surface area (Å²) in [5.41, 5.74) is 0.928. The molecular formula is C13H11ClN2O2. The number of anilines is 1. The molecule has 1 heterocycles. The molecule has 0 saturated carbocycles. The number of pyridine rings is 1. The van der Waals surface area contributed by atoms with Crippen LogP contribution in [0, 0.1) is 0 Å². The minimum absolute atomic E-state index is 0.222. The molecule has 2 rings (SSSR count). The van der Waals surface area contributed by atoms with Crippen LogP contribution in [0.1, 0.15) is 5.56 Å². The van der Waals surface area contributed by atoms with E-state index in [1.54, 1.807) is 12.1 Å². The lowest BCUT2D eigenvalue weighted by Crippen LogP contribution is -2.14. The normalized spacial score (nSPS) is 9.83. The number of ether oxygens (including phenoxy) is 1. The molecule has 0 atom stereocenters. The van der Waals surface area contributed by atoms with Gasteiger partial charge in [-0.15, -0.1) is 0 Å². The number of carbonyl (C=O) groups is 1. The van der Waals surface area contributed by atoms with E-state index < -0.39 is 6.09 Å². The quantitative estimate of drug-likeness (QED) is 0.921. The first kappa shape index (κ1) is 12.4. The summed E-state index contributed by atoms with van der Waals surface area (Å²) < 4.78 is 5.04. The first-order valence-corrected chi connectivity index (χ1v) is 5.71. The maximum atomic E-state index is 11.5. The van der Waals surface area contributed by atoms with Gasteiger partial charge in [-0.25, -0.2) is 9.78 Å². The zero-order valence-corrected chi connectivity index (χ0v) is 10.2. The van der Waals surface area contributed by atoms with Crippen molar-refractivity contribution >= 4 is 23.5 Å². The number of rotatable bonds is 3. The summed E-state index contributed by atoms with van der Waals surface area (Å²) in [7, 11) is 0. The zero-order chi connectivity index (χ0) is 12.8. The van der Waals surface area contributed by atoms with Gasteiger partial charge in [0.1, 0.15) is 12.4 Å². The van der Waals surface area contributed by atoms with Crippen molar-refractivity contribution in [3.8, 4) is 0 Å². The Morgan fingerprint density at radius 1 is 1.22 bits per heavy atom. The SMILES string of the molecule is O=C(Nc1ccc(Cl)cn1)OCc1ccccc1. The molecule has 1 N–H and O–H groups in total. The Labute approximate surface area is 110 Å². The Morgan fingerprint density at radius 2 is 2.00 bits per heavy atom. The van der Waals surface area contributed by atoms with E-state index in [9.17, 15) is 4.79 Å². The van der Waals surface area contributed by atoms with E-state index >= 15 is 0 Å². The lowest BCUT2D eigenvalue weighted by Gasteiger charge is -2.06. The van der Waals surface area contributed by atoms with Crippen LogP contribution in [0.15, 0.2) is 48.7 Å². The van der Waals surface area contributed by atoms with E-state index in [1.165, 1.54) is 6.20 Å². The van der Waals surface area contributed by atoms with Gasteiger partial charge in [0.2, 0.25) is 0 Å². The van der Waals surface area contributed by atoms with E-state index in [2.05, 4.69) is 10.3 Å². The molecule has 0 radical (unpaired) electrons. The lowest BCUT2D eigenvalue weighted by molar-refractivity contribution is 0.155. The Kier molecular flexibility index (Phi) is 4.15. The zero-order valence-electron chi connectivity index (χ0n) is 9.47.